The summed E-state index contributed by atoms with van der Waals surface area (Å²) in [6.07, 6.45) is 3.66. The summed E-state index contributed by atoms with van der Waals surface area (Å²) in [6, 6.07) is 2.12. The van der Waals surface area contributed by atoms with Gasteiger partial charge in [0.15, 0.2) is 0 Å². The van der Waals surface area contributed by atoms with E-state index in [2.05, 4.69) is 16.8 Å². The first-order valence-corrected chi connectivity index (χ1v) is 6.38. The normalized spacial score (nSPS) is 15.1. The molecule has 0 aliphatic rings. The van der Waals surface area contributed by atoms with Crippen molar-refractivity contribution in [1.82, 2.24) is 0 Å². The topological polar surface area (TPSA) is 29.5 Å². The zero-order chi connectivity index (χ0) is 11.1. The standard InChI is InChI=1S/C12H20O2S/c1-10(14-2)3-5-12(13)6-4-11-7-8-15-9-11/h7-10,12-13H,3-6H2,1-2H3. The van der Waals surface area contributed by atoms with Gasteiger partial charge in [0.2, 0.25) is 0 Å². The van der Waals surface area contributed by atoms with Gasteiger partial charge in [0.05, 0.1) is 12.2 Å². The van der Waals surface area contributed by atoms with Crippen molar-refractivity contribution in [1.29, 1.82) is 0 Å². The average Bonchev–Trinajstić information content (AvgIpc) is 2.75. The van der Waals surface area contributed by atoms with Crippen LogP contribution in [0, 0.1) is 0 Å². The van der Waals surface area contributed by atoms with E-state index in [1.54, 1.807) is 18.4 Å². The van der Waals surface area contributed by atoms with E-state index >= 15 is 0 Å². The van der Waals surface area contributed by atoms with Crippen molar-refractivity contribution in [2.45, 2.75) is 44.8 Å². The summed E-state index contributed by atoms with van der Waals surface area (Å²) in [6.45, 7) is 2.03. The molecule has 15 heavy (non-hydrogen) atoms. The number of hydrogen-bond acceptors (Lipinski definition) is 3. The Morgan fingerprint density at radius 1 is 1.40 bits per heavy atom. The van der Waals surface area contributed by atoms with Crippen LogP contribution in [-0.4, -0.2) is 24.4 Å². The number of rotatable bonds is 7. The lowest BCUT2D eigenvalue weighted by Crippen LogP contribution is -2.13. The van der Waals surface area contributed by atoms with Crippen LogP contribution in [0.15, 0.2) is 16.8 Å². The van der Waals surface area contributed by atoms with Gasteiger partial charge in [0, 0.05) is 7.11 Å². The molecule has 0 amide bonds. The van der Waals surface area contributed by atoms with Crippen LogP contribution < -0.4 is 0 Å². The van der Waals surface area contributed by atoms with Crippen molar-refractivity contribution in [2.24, 2.45) is 0 Å². The van der Waals surface area contributed by atoms with Crippen LogP contribution in [0.25, 0.3) is 0 Å². The Balaban J connectivity index is 2.11. The molecule has 0 spiro atoms. The van der Waals surface area contributed by atoms with Crippen LogP contribution in [0.3, 0.4) is 0 Å². The van der Waals surface area contributed by atoms with Crippen molar-refractivity contribution < 1.29 is 9.84 Å². The minimum atomic E-state index is -0.192. The highest BCUT2D eigenvalue weighted by Gasteiger charge is 2.07. The lowest BCUT2D eigenvalue weighted by atomic mass is 10.0. The molecule has 0 saturated heterocycles. The molecule has 2 nitrogen and oxygen atoms in total. The summed E-state index contributed by atoms with van der Waals surface area (Å²) in [5.41, 5.74) is 1.33. The van der Waals surface area contributed by atoms with Gasteiger partial charge in [-0.2, -0.15) is 11.3 Å². The third-order valence-corrected chi connectivity index (χ3v) is 3.39. The van der Waals surface area contributed by atoms with Crippen molar-refractivity contribution in [3.63, 3.8) is 0 Å². The second-order valence-corrected chi connectivity index (χ2v) is 4.73. The van der Waals surface area contributed by atoms with Gasteiger partial charge in [-0.15, -0.1) is 0 Å². The highest BCUT2D eigenvalue weighted by Crippen LogP contribution is 2.13. The molecular weight excluding hydrogens is 208 g/mol. The average molecular weight is 228 g/mol. The van der Waals surface area contributed by atoms with Gasteiger partial charge in [-0.1, -0.05) is 0 Å². The second kappa shape index (κ2) is 6.99. The predicted molar refractivity (Wildman–Crippen MR) is 64.4 cm³/mol. The number of hydrogen-bond donors (Lipinski definition) is 1. The fourth-order valence-corrected chi connectivity index (χ4v) is 2.16. The number of methoxy groups -OCH3 is 1. The maximum Gasteiger partial charge on any atom is 0.0544 e. The molecule has 0 aromatic carbocycles. The minimum absolute atomic E-state index is 0.192. The molecule has 3 heteroatoms. The largest absolute Gasteiger partial charge is 0.393 e. The van der Waals surface area contributed by atoms with Gasteiger partial charge >= 0.3 is 0 Å². The lowest BCUT2D eigenvalue weighted by molar-refractivity contribution is 0.0826. The molecule has 0 bridgehead atoms. The molecule has 1 aromatic rings. The zero-order valence-corrected chi connectivity index (χ0v) is 10.3. The molecule has 0 aliphatic heterocycles. The number of aryl methyl sites for hydroxylation is 1. The van der Waals surface area contributed by atoms with Crippen LogP contribution in [0.5, 0.6) is 0 Å². The first kappa shape index (κ1) is 12.7. The predicted octanol–water partition coefficient (Wildman–Crippen LogP) is 2.86. The molecule has 0 aliphatic carbocycles. The fourth-order valence-electron chi connectivity index (χ4n) is 1.46. The van der Waals surface area contributed by atoms with Crippen LogP contribution >= 0.6 is 11.3 Å². The molecule has 0 fully saturated rings. The number of aliphatic hydroxyl groups excluding tert-OH is 1. The first-order chi connectivity index (χ1) is 7.22. The summed E-state index contributed by atoms with van der Waals surface area (Å²) < 4.78 is 5.14. The molecule has 86 valence electrons. The molecule has 0 saturated carbocycles. The van der Waals surface area contributed by atoms with Crippen molar-refractivity contribution in [3.05, 3.63) is 22.4 Å². The summed E-state index contributed by atoms with van der Waals surface area (Å²) in [4.78, 5) is 0. The van der Waals surface area contributed by atoms with Gasteiger partial charge in [0.25, 0.3) is 0 Å². The van der Waals surface area contributed by atoms with Crippen molar-refractivity contribution in [3.8, 4) is 0 Å². The molecule has 1 heterocycles. The van der Waals surface area contributed by atoms with Gasteiger partial charge in [-0.25, -0.2) is 0 Å². The number of thiophene rings is 1. The third kappa shape index (κ3) is 5.30. The molecule has 2 unspecified atom stereocenters. The second-order valence-electron chi connectivity index (χ2n) is 3.95. The van der Waals surface area contributed by atoms with E-state index in [9.17, 15) is 5.11 Å². The first-order valence-electron chi connectivity index (χ1n) is 5.44. The summed E-state index contributed by atoms with van der Waals surface area (Å²) in [5.74, 6) is 0. The Bertz CT molecular complexity index is 246. The number of ether oxygens (including phenoxy) is 1. The smallest absolute Gasteiger partial charge is 0.0544 e. The van der Waals surface area contributed by atoms with Crippen LogP contribution in [0.2, 0.25) is 0 Å². The van der Waals surface area contributed by atoms with Gasteiger partial charge < -0.3 is 9.84 Å². The highest BCUT2D eigenvalue weighted by molar-refractivity contribution is 7.07. The molecule has 0 radical (unpaired) electrons. The Hall–Kier alpha value is -0.380. The van der Waals surface area contributed by atoms with Crippen molar-refractivity contribution >= 4 is 11.3 Å². The van der Waals surface area contributed by atoms with E-state index in [0.717, 1.165) is 25.7 Å². The summed E-state index contributed by atoms with van der Waals surface area (Å²) in [7, 11) is 1.71. The molecule has 2 atom stereocenters. The van der Waals surface area contributed by atoms with E-state index in [0.29, 0.717) is 0 Å². The number of aliphatic hydroxyl groups is 1. The van der Waals surface area contributed by atoms with E-state index < -0.39 is 0 Å². The molecule has 1 rings (SSSR count). The van der Waals surface area contributed by atoms with Crippen molar-refractivity contribution in [2.75, 3.05) is 7.11 Å². The fraction of sp³-hybridized carbons (Fsp3) is 0.667. The van der Waals surface area contributed by atoms with Gasteiger partial charge in [-0.05, 0) is 55.0 Å². The van der Waals surface area contributed by atoms with Gasteiger partial charge in [-0.3, -0.25) is 0 Å². The Kier molecular flexibility index (Phi) is 5.91. The summed E-state index contributed by atoms with van der Waals surface area (Å²) >= 11 is 1.71. The van der Waals surface area contributed by atoms with Gasteiger partial charge in [0.1, 0.15) is 0 Å². The zero-order valence-electron chi connectivity index (χ0n) is 9.48. The SMILES string of the molecule is COC(C)CCC(O)CCc1ccsc1. The Labute approximate surface area is 95.9 Å². The quantitative estimate of drug-likeness (QED) is 0.777. The molecular formula is C12H20O2S. The van der Waals surface area contributed by atoms with Crippen LogP contribution in [0.1, 0.15) is 31.7 Å². The monoisotopic (exact) mass is 228 g/mol. The minimum Gasteiger partial charge on any atom is -0.393 e. The van der Waals surface area contributed by atoms with Crippen LogP contribution in [0.4, 0.5) is 0 Å². The van der Waals surface area contributed by atoms with E-state index in [4.69, 9.17) is 4.74 Å². The Morgan fingerprint density at radius 3 is 2.80 bits per heavy atom. The van der Waals surface area contributed by atoms with Crippen LogP contribution in [-0.2, 0) is 11.2 Å². The Morgan fingerprint density at radius 2 is 2.20 bits per heavy atom. The van der Waals surface area contributed by atoms with E-state index in [1.807, 2.05) is 6.92 Å². The molecule has 1 aromatic heterocycles. The summed E-state index contributed by atoms with van der Waals surface area (Å²) in [5, 5.41) is 14.0. The molecule has 1 N–H and O–H groups in total. The van der Waals surface area contributed by atoms with E-state index in [1.165, 1.54) is 5.56 Å². The highest BCUT2D eigenvalue weighted by atomic mass is 32.1. The maximum absolute atomic E-state index is 9.74. The maximum atomic E-state index is 9.74. The van der Waals surface area contributed by atoms with E-state index in [-0.39, 0.29) is 12.2 Å². The third-order valence-electron chi connectivity index (χ3n) is 2.66. The lowest BCUT2D eigenvalue weighted by Gasteiger charge is -2.13.